The van der Waals surface area contributed by atoms with Crippen molar-refractivity contribution in [2.24, 2.45) is 0 Å². The first-order valence-electron chi connectivity index (χ1n) is 5.94. The summed E-state index contributed by atoms with van der Waals surface area (Å²) >= 11 is 0. The molecule has 2 N–H and O–H groups in total. The number of hydrogen-bond donors (Lipinski definition) is 2. The summed E-state index contributed by atoms with van der Waals surface area (Å²) in [5.74, 6) is -0.153. The molecule has 1 atom stereocenters. The number of hydrogen-bond acceptors (Lipinski definition) is 4. The van der Waals surface area contributed by atoms with E-state index in [1.807, 2.05) is 13.0 Å². The zero-order valence-electron chi connectivity index (χ0n) is 10.4. The fraction of sp³-hybridized carbons (Fsp3) is 0.667. The summed E-state index contributed by atoms with van der Waals surface area (Å²) in [6.45, 7) is 3.27. The van der Waals surface area contributed by atoms with Crippen LogP contribution in [0.1, 0.15) is 26.2 Å². The highest BCUT2D eigenvalue weighted by Crippen LogP contribution is 2.05. The van der Waals surface area contributed by atoms with Crippen molar-refractivity contribution in [2.75, 3.05) is 20.2 Å². The van der Waals surface area contributed by atoms with E-state index in [4.69, 9.17) is 0 Å². The maximum absolute atomic E-state index is 11.3. The van der Waals surface area contributed by atoms with Crippen LogP contribution < -0.4 is 10.6 Å². The van der Waals surface area contributed by atoms with Gasteiger partial charge in [-0.15, -0.1) is 0 Å². The molecular weight excluding hydrogens is 220 g/mol. The molecule has 0 aromatic rings. The number of amides is 1. The maximum Gasteiger partial charge on any atom is 0.333 e. The number of nitrogens with one attached hydrogen (secondary N) is 2. The van der Waals surface area contributed by atoms with Crippen LogP contribution in [0.25, 0.3) is 0 Å². The number of rotatable bonds is 6. The van der Waals surface area contributed by atoms with E-state index in [1.165, 1.54) is 7.11 Å². The molecule has 1 unspecified atom stereocenters. The van der Waals surface area contributed by atoms with Crippen LogP contribution >= 0.6 is 0 Å². The molecule has 1 heterocycles. The van der Waals surface area contributed by atoms with Crippen molar-refractivity contribution in [3.8, 4) is 0 Å². The van der Waals surface area contributed by atoms with Crippen LogP contribution in [0.15, 0.2) is 11.6 Å². The van der Waals surface area contributed by atoms with E-state index < -0.39 is 0 Å². The normalized spacial score (nSPS) is 20.2. The summed E-state index contributed by atoms with van der Waals surface area (Å²) in [5.41, 5.74) is 0.676. The third-order valence-corrected chi connectivity index (χ3v) is 2.80. The third-order valence-electron chi connectivity index (χ3n) is 2.80. The van der Waals surface area contributed by atoms with Crippen LogP contribution in [0.3, 0.4) is 0 Å². The topological polar surface area (TPSA) is 67.4 Å². The van der Waals surface area contributed by atoms with Gasteiger partial charge in [0.2, 0.25) is 5.91 Å². The van der Waals surface area contributed by atoms with E-state index in [0.29, 0.717) is 25.0 Å². The Morgan fingerprint density at radius 2 is 2.41 bits per heavy atom. The minimum Gasteiger partial charge on any atom is -0.466 e. The molecule has 17 heavy (non-hydrogen) atoms. The lowest BCUT2D eigenvalue weighted by atomic mass is 10.2. The maximum atomic E-state index is 11.3. The summed E-state index contributed by atoms with van der Waals surface area (Å²) < 4.78 is 4.66. The predicted molar refractivity (Wildman–Crippen MR) is 64.4 cm³/mol. The first kappa shape index (κ1) is 13.7. The quantitative estimate of drug-likeness (QED) is 0.400. The second kappa shape index (κ2) is 7.06. The van der Waals surface area contributed by atoms with E-state index in [2.05, 4.69) is 15.4 Å². The molecule has 0 aliphatic carbocycles. The van der Waals surface area contributed by atoms with Gasteiger partial charge in [0, 0.05) is 31.1 Å². The van der Waals surface area contributed by atoms with E-state index in [-0.39, 0.29) is 17.9 Å². The molecule has 1 rings (SSSR count). The SMILES string of the molecule is CCC(=CCNCC1CCC(=O)N1)C(=O)OC. The van der Waals surface area contributed by atoms with Crippen LogP contribution in [0, 0.1) is 0 Å². The number of methoxy groups -OCH3 is 1. The molecule has 0 spiro atoms. The Kier molecular flexibility index (Phi) is 5.69. The van der Waals surface area contributed by atoms with Gasteiger partial charge in [-0.2, -0.15) is 0 Å². The molecule has 1 saturated heterocycles. The van der Waals surface area contributed by atoms with Gasteiger partial charge in [-0.3, -0.25) is 4.79 Å². The number of esters is 1. The van der Waals surface area contributed by atoms with Crippen molar-refractivity contribution in [2.45, 2.75) is 32.2 Å². The van der Waals surface area contributed by atoms with E-state index >= 15 is 0 Å². The standard InChI is InChI=1S/C12H20N2O3/c1-3-9(12(16)17-2)6-7-13-8-10-4-5-11(15)14-10/h6,10,13H,3-5,7-8H2,1-2H3,(H,14,15). The van der Waals surface area contributed by atoms with Crippen LogP contribution in [0.4, 0.5) is 0 Å². The van der Waals surface area contributed by atoms with Gasteiger partial charge in [-0.05, 0) is 12.8 Å². The largest absolute Gasteiger partial charge is 0.466 e. The predicted octanol–water partition coefficient (Wildman–Crippen LogP) is 0.364. The second-order valence-electron chi connectivity index (χ2n) is 4.04. The van der Waals surface area contributed by atoms with E-state index in [9.17, 15) is 9.59 Å². The summed E-state index contributed by atoms with van der Waals surface area (Å²) in [4.78, 5) is 22.2. The molecule has 0 saturated carbocycles. The molecule has 0 aromatic heterocycles. The second-order valence-corrected chi connectivity index (χ2v) is 4.04. The summed E-state index contributed by atoms with van der Waals surface area (Å²) in [6, 6.07) is 0.221. The number of ether oxygens (including phenoxy) is 1. The first-order chi connectivity index (χ1) is 8.17. The lowest BCUT2D eigenvalue weighted by molar-refractivity contribution is -0.136. The average Bonchev–Trinajstić information content (AvgIpc) is 2.74. The minimum absolute atomic E-state index is 0.121. The van der Waals surface area contributed by atoms with Crippen molar-refractivity contribution >= 4 is 11.9 Å². The van der Waals surface area contributed by atoms with Crippen molar-refractivity contribution in [1.29, 1.82) is 0 Å². The third kappa shape index (κ3) is 4.56. The molecule has 1 aliphatic rings. The van der Waals surface area contributed by atoms with Crippen molar-refractivity contribution in [3.63, 3.8) is 0 Å². The Morgan fingerprint density at radius 3 is 2.94 bits per heavy atom. The van der Waals surface area contributed by atoms with Gasteiger partial charge < -0.3 is 15.4 Å². The van der Waals surface area contributed by atoms with Gasteiger partial charge in [0.25, 0.3) is 0 Å². The molecule has 5 nitrogen and oxygen atoms in total. The number of carbonyl (C=O) groups is 2. The van der Waals surface area contributed by atoms with Gasteiger partial charge in [0.05, 0.1) is 7.11 Å². The Morgan fingerprint density at radius 1 is 1.65 bits per heavy atom. The van der Waals surface area contributed by atoms with E-state index in [0.717, 1.165) is 13.0 Å². The van der Waals surface area contributed by atoms with Crippen LogP contribution in [0.2, 0.25) is 0 Å². The lowest BCUT2D eigenvalue weighted by Crippen LogP contribution is -2.35. The monoisotopic (exact) mass is 240 g/mol. The fourth-order valence-corrected chi connectivity index (χ4v) is 1.79. The van der Waals surface area contributed by atoms with Crippen molar-refractivity contribution in [3.05, 3.63) is 11.6 Å². The zero-order valence-corrected chi connectivity index (χ0v) is 10.4. The van der Waals surface area contributed by atoms with Gasteiger partial charge in [-0.25, -0.2) is 4.79 Å². The highest BCUT2D eigenvalue weighted by molar-refractivity contribution is 5.88. The highest BCUT2D eigenvalue weighted by atomic mass is 16.5. The van der Waals surface area contributed by atoms with Crippen LogP contribution in [-0.4, -0.2) is 38.1 Å². The minimum atomic E-state index is -0.275. The molecule has 5 heteroatoms. The smallest absolute Gasteiger partial charge is 0.333 e. The molecule has 0 radical (unpaired) electrons. The zero-order chi connectivity index (χ0) is 12.7. The molecule has 1 amide bonds. The fourth-order valence-electron chi connectivity index (χ4n) is 1.79. The highest BCUT2D eigenvalue weighted by Gasteiger charge is 2.19. The summed E-state index contributed by atoms with van der Waals surface area (Å²) in [7, 11) is 1.38. The molecule has 0 aromatic carbocycles. The molecular formula is C12H20N2O3. The first-order valence-corrected chi connectivity index (χ1v) is 5.94. The Bertz CT molecular complexity index is 313. The van der Waals surface area contributed by atoms with Gasteiger partial charge in [-0.1, -0.05) is 13.0 Å². The summed E-state index contributed by atoms with van der Waals surface area (Å²) in [5, 5.41) is 6.07. The Hall–Kier alpha value is -1.36. The Balaban J connectivity index is 2.23. The average molecular weight is 240 g/mol. The lowest BCUT2D eigenvalue weighted by Gasteiger charge is -2.10. The summed E-state index contributed by atoms with van der Waals surface area (Å²) in [6.07, 6.45) is 3.99. The van der Waals surface area contributed by atoms with Crippen molar-refractivity contribution < 1.29 is 14.3 Å². The van der Waals surface area contributed by atoms with E-state index in [1.54, 1.807) is 0 Å². The van der Waals surface area contributed by atoms with Crippen molar-refractivity contribution in [1.82, 2.24) is 10.6 Å². The molecule has 1 fully saturated rings. The Labute approximate surface area is 102 Å². The van der Waals surface area contributed by atoms with Gasteiger partial charge >= 0.3 is 5.97 Å². The molecule has 0 bridgehead atoms. The van der Waals surface area contributed by atoms with Gasteiger partial charge in [0.15, 0.2) is 0 Å². The molecule has 1 aliphatic heterocycles. The number of carbonyl (C=O) groups excluding carboxylic acids is 2. The van der Waals surface area contributed by atoms with Gasteiger partial charge in [0.1, 0.15) is 0 Å². The van der Waals surface area contributed by atoms with Crippen LogP contribution in [0.5, 0.6) is 0 Å². The molecule has 96 valence electrons. The van der Waals surface area contributed by atoms with Crippen LogP contribution in [-0.2, 0) is 14.3 Å².